The van der Waals surface area contributed by atoms with Crippen LogP contribution >= 0.6 is 11.6 Å². The second kappa shape index (κ2) is 8.61. The molecule has 3 aromatic carbocycles. The lowest BCUT2D eigenvalue weighted by atomic mass is 9.95. The summed E-state index contributed by atoms with van der Waals surface area (Å²) in [4.78, 5) is 25.4. The maximum Gasteiger partial charge on any atom is 0.186 e. The lowest BCUT2D eigenvalue weighted by Crippen LogP contribution is -2.03. The molecule has 2 nitrogen and oxygen atoms in total. The Labute approximate surface area is 164 Å². The van der Waals surface area contributed by atoms with Gasteiger partial charge in [0.15, 0.2) is 11.6 Å². The fourth-order valence-electron chi connectivity index (χ4n) is 2.76. The van der Waals surface area contributed by atoms with Crippen LogP contribution in [0.2, 0.25) is 5.02 Å². The molecule has 3 aromatic rings. The van der Waals surface area contributed by atoms with Crippen LogP contribution in [0.4, 0.5) is 0 Å². The molecule has 3 heteroatoms. The Kier molecular flexibility index (Phi) is 6.00. The Bertz CT molecular complexity index is 969. The Hall–Kier alpha value is -2.97. The van der Waals surface area contributed by atoms with E-state index in [0.29, 0.717) is 21.7 Å². The Morgan fingerprint density at radius 1 is 0.778 bits per heavy atom. The Balaban J connectivity index is 1.91. The van der Waals surface area contributed by atoms with E-state index in [9.17, 15) is 9.59 Å². The molecule has 3 rings (SSSR count). The van der Waals surface area contributed by atoms with Crippen LogP contribution < -0.4 is 0 Å². The average Bonchev–Trinajstić information content (AvgIpc) is 2.69. The first-order valence-electron chi connectivity index (χ1n) is 8.69. The topological polar surface area (TPSA) is 34.1 Å². The van der Waals surface area contributed by atoms with Gasteiger partial charge in [0.1, 0.15) is 0 Å². The number of hydrogen-bond donors (Lipinski definition) is 0. The molecule has 0 radical (unpaired) electrons. The van der Waals surface area contributed by atoms with Gasteiger partial charge in [0.25, 0.3) is 0 Å². The number of allylic oxidation sites excluding steroid dienone is 2. The first-order chi connectivity index (χ1) is 13.0. The summed E-state index contributed by atoms with van der Waals surface area (Å²) in [6, 6.07) is 23.7. The van der Waals surface area contributed by atoms with Gasteiger partial charge in [0.2, 0.25) is 0 Å². The minimum atomic E-state index is -0.113. The second-order valence-corrected chi connectivity index (χ2v) is 6.81. The van der Waals surface area contributed by atoms with E-state index in [0.717, 1.165) is 11.1 Å². The normalized spacial score (nSPS) is 11.3. The van der Waals surface area contributed by atoms with Gasteiger partial charge in [0, 0.05) is 22.6 Å². The minimum absolute atomic E-state index is 0.0570. The van der Waals surface area contributed by atoms with Gasteiger partial charge in [-0.05, 0) is 48.4 Å². The highest BCUT2D eigenvalue weighted by atomic mass is 35.5. The molecule has 0 N–H and O–H groups in total. The number of Topliss-reactive ketones (excluding diaryl/α,β-unsaturated/α-hetero) is 1. The highest BCUT2D eigenvalue weighted by Gasteiger charge is 2.13. The fraction of sp³-hybridized carbons (Fsp3) is 0.0833. The molecule has 0 spiro atoms. The standard InChI is InChI=1S/C24H19ClO2/c1-17-7-9-19(10-8-17)23(26)15-21(18-5-3-2-4-6-18)16-24(27)20-11-13-22(25)14-12-20/h2-15H,16H2,1H3/b21-15-. The van der Waals surface area contributed by atoms with Crippen molar-refractivity contribution in [2.45, 2.75) is 13.3 Å². The van der Waals surface area contributed by atoms with Crippen LogP contribution in [0.3, 0.4) is 0 Å². The number of aryl methyl sites for hydroxylation is 1. The van der Waals surface area contributed by atoms with Gasteiger partial charge in [-0.25, -0.2) is 0 Å². The monoisotopic (exact) mass is 374 g/mol. The van der Waals surface area contributed by atoms with E-state index in [4.69, 9.17) is 11.6 Å². The molecule has 134 valence electrons. The van der Waals surface area contributed by atoms with E-state index in [2.05, 4.69) is 0 Å². The van der Waals surface area contributed by atoms with Crippen molar-refractivity contribution >= 4 is 28.7 Å². The lowest BCUT2D eigenvalue weighted by molar-refractivity contribution is 0.0998. The van der Waals surface area contributed by atoms with Crippen molar-refractivity contribution in [1.82, 2.24) is 0 Å². The van der Waals surface area contributed by atoms with Crippen LogP contribution in [-0.4, -0.2) is 11.6 Å². The van der Waals surface area contributed by atoms with Crippen LogP contribution in [0.5, 0.6) is 0 Å². The van der Waals surface area contributed by atoms with Crippen molar-refractivity contribution in [1.29, 1.82) is 0 Å². The quantitative estimate of drug-likeness (QED) is 0.381. The average molecular weight is 375 g/mol. The number of rotatable bonds is 6. The van der Waals surface area contributed by atoms with Crippen LogP contribution in [0.15, 0.2) is 84.9 Å². The summed E-state index contributed by atoms with van der Waals surface area (Å²) >= 11 is 5.90. The molecule has 0 bridgehead atoms. The SMILES string of the molecule is Cc1ccc(C(=O)/C=C(/CC(=O)c2ccc(Cl)cc2)c2ccccc2)cc1. The third-order valence-electron chi connectivity index (χ3n) is 4.30. The molecule has 0 unspecified atom stereocenters. The molecule has 0 aromatic heterocycles. The number of carbonyl (C=O) groups is 2. The summed E-state index contributed by atoms with van der Waals surface area (Å²) < 4.78 is 0. The van der Waals surface area contributed by atoms with Crippen LogP contribution in [0.25, 0.3) is 5.57 Å². The molecule has 0 amide bonds. The number of halogens is 1. The van der Waals surface area contributed by atoms with Crippen LogP contribution in [0, 0.1) is 6.92 Å². The highest BCUT2D eigenvalue weighted by molar-refractivity contribution is 6.30. The predicted molar refractivity (Wildman–Crippen MR) is 110 cm³/mol. The molecule has 0 aliphatic heterocycles. The molecule has 0 fully saturated rings. The molecular weight excluding hydrogens is 356 g/mol. The summed E-state index contributed by atoms with van der Waals surface area (Å²) in [6.45, 7) is 1.98. The van der Waals surface area contributed by atoms with Gasteiger partial charge in [-0.15, -0.1) is 0 Å². The zero-order valence-electron chi connectivity index (χ0n) is 15.0. The largest absolute Gasteiger partial charge is 0.294 e. The summed E-state index contributed by atoms with van der Waals surface area (Å²) in [5, 5.41) is 0.583. The van der Waals surface area contributed by atoms with Gasteiger partial charge in [0.05, 0.1) is 0 Å². The van der Waals surface area contributed by atoms with Crippen LogP contribution in [-0.2, 0) is 0 Å². The molecule has 0 aliphatic carbocycles. The smallest absolute Gasteiger partial charge is 0.186 e. The lowest BCUT2D eigenvalue weighted by Gasteiger charge is -2.08. The molecule has 0 saturated heterocycles. The van der Waals surface area contributed by atoms with Crippen molar-refractivity contribution in [2.24, 2.45) is 0 Å². The number of benzene rings is 3. The van der Waals surface area contributed by atoms with Crippen LogP contribution in [0.1, 0.15) is 38.3 Å². The molecule has 0 atom stereocenters. The number of carbonyl (C=O) groups excluding carboxylic acids is 2. The number of hydrogen-bond acceptors (Lipinski definition) is 2. The first kappa shape index (κ1) is 18.8. The predicted octanol–water partition coefficient (Wildman–Crippen LogP) is 6.19. The van der Waals surface area contributed by atoms with Crippen molar-refractivity contribution in [3.05, 3.63) is 112 Å². The van der Waals surface area contributed by atoms with E-state index >= 15 is 0 Å². The molecule has 0 heterocycles. The van der Waals surface area contributed by atoms with Gasteiger partial charge in [-0.2, -0.15) is 0 Å². The summed E-state index contributed by atoms with van der Waals surface area (Å²) in [5.41, 5.74) is 3.83. The van der Waals surface area contributed by atoms with E-state index in [1.165, 1.54) is 0 Å². The third kappa shape index (κ3) is 5.02. The summed E-state index contributed by atoms with van der Waals surface area (Å²) in [5.74, 6) is -0.170. The van der Waals surface area contributed by atoms with Gasteiger partial charge in [-0.3, -0.25) is 9.59 Å². The Morgan fingerprint density at radius 2 is 1.37 bits per heavy atom. The molecule has 0 aliphatic rings. The zero-order valence-corrected chi connectivity index (χ0v) is 15.7. The van der Waals surface area contributed by atoms with Crippen molar-refractivity contribution in [3.8, 4) is 0 Å². The van der Waals surface area contributed by atoms with E-state index < -0.39 is 0 Å². The Morgan fingerprint density at radius 3 is 2.00 bits per heavy atom. The molecule has 0 saturated carbocycles. The maximum absolute atomic E-state index is 12.7. The van der Waals surface area contributed by atoms with Crippen molar-refractivity contribution < 1.29 is 9.59 Å². The first-order valence-corrected chi connectivity index (χ1v) is 9.06. The van der Waals surface area contributed by atoms with Gasteiger partial charge in [-0.1, -0.05) is 71.8 Å². The number of ketones is 2. The summed E-state index contributed by atoms with van der Waals surface area (Å²) in [7, 11) is 0. The van der Waals surface area contributed by atoms with E-state index in [-0.39, 0.29) is 18.0 Å². The second-order valence-electron chi connectivity index (χ2n) is 6.37. The summed E-state index contributed by atoms with van der Waals surface area (Å²) in [6.07, 6.45) is 1.71. The highest BCUT2D eigenvalue weighted by Crippen LogP contribution is 2.22. The van der Waals surface area contributed by atoms with Gasteiger partial charge >= 0.3 is 0 Å². The van der Waals surface area contributed by atoms with Crippen molar-refractivity contribution in [2.75, 3.05) is 0 Å². The minimum Gasteiger partial charge on any atom is -0.294 e. The fourth-order valence-corrected chi connectivity index (χ4v) is 2.88. The van der Waals surface area contributed by atoms with Gasteiger partial charge < -0.3 is 0 Å². The van der Waals surface area contributed by atoms with Crippen molar-refractivity contribution in [3.63, 3.8) is 0 Å². The molecule has 27 heavy (non-hydrogen) atoms. The van der Waals surface area contributed by atoms with E-state index in [1.54, 1.807) is 42.5 Å². The molecular formula is C24H19ClO2. The maximum atomic E-state index is 12.7. The zero-order chi connectivity index (χ0) is 19.2. The van der Waals surface area contributed by atoms with E-state index in [1.807, 2.05) is 49.4 Å². The third-order valence-corrected chi connectivity index (χ3v) is 4.56.